The van der Waals surface area contributed by atoms with Crippen molar-refractivity contribution in [3.63, 3.8) is 0 Å². The number of nitrogens with one attached hydrogen (secondary N) is 1. The summed E-state index contributed by atoms with van der Waals surface area (Å²) >= 11 is 1.65. The lowest BCUT2D eigenvalue weighted by molar-refractivity contribution is -0.123. The molecule has 0 aliphatic carbocycles. The zero-order valence-electron chi connectivity index (χ0n) is 16.1. The number of carbonyl (C=O) groups excluding carboxylic acids is 1. The van der Waals surface area contributed by atoms with E-state index in [9.17, 15) is 4.79 Å². The van der Waals surface area contributed by atoms with Gasteiger partial charge in [0.25, 0.3) is 0 Å². The number of aromatic nitrogens is 1. The molecule has 2 aromatic rings. The summed E-state index contributed by atoms with van der Waals surface area (Å²) in [5.41, 5.74) is 2.32. The second-order valence-corrected chi connectivity index (χ2v) is 8.80. The van der Waals surface area contributed by atoms with Gasteiger partial charge in [-0.15, -0.1) is 11.3 Å². The summed E-state index contributed by atoms with van der Waals surface area (Å²) in [6.07, 6.45) is 0.420. The molecule has 1 aromatic heterocycles. The van der Waals surface area contributed by atoms with Crippen LogP contribution < -0.4 is 10.2 Å². The standard InChI is InChI=1S/C20H27N3O2S/c1-13-10-23(11-14(2)25-13)19-22-17(12-26-19)15-7-6-8-16(9-15)21-18(24)20(3,4)5/h6-9,12-14H,10-11H2,1-5H3,(H,21,24). The Hall–Kier alpha value is -1.92. The van der Waals surface area contributed by atoms with E-state index in [-0.39, 0.29) is 18.1 Å². The number of nitrogens with zero attached hydrogens (tertiary/aromatic N) is 2. The van der Waals surface area contributed by atoms with Crippen LogP contribution in [0.2, 0.25) is 0 Å². The van der Waals surface area contributed by atoms with E-state index < -0.39 is 5.41 Å². The second kappa shape index (κ2) is 7.37. The number of morpholine rings is 1. The minimum Gasteiger partial charge on any atom is -0.372 e. The lowest BCUT2D eigenvalue weighted by Gasteiger charge is -2.35. The molecule has 3 rings (SSSR count). The maximum atomic E-state index is 12.2. The van der Waals surface area contributed by atoms with Crippen molar-refractivity contribution in [2.24, 2.45) is 5.41 Å². The third-order valence-corrected chi connectivity index (χ3v) is 5.18. The normalized spacial score (nSPS) is 20.9. The molecule has 1 aliphatic heterocycles. The lowest BCUT2D eigenvalue weighted by Crippen LogP contribution is -2.45. The van der Waals surface area contributed by atoms with Crippen LogP contribution in [-0.2, 0) is 9.53 Å². The molecule has 2 heterocycles. The number of thiazole rings is 1. The van der Waals surface area contributed by atoms with Gasteiger partial charge in [0, 0.05) is 35.1 Å². The van der Waals surface area contributed by atoms with Crippen LogP contribution in [-0.4, -0.2) is 36.2 Å². The van der Waals surface area contributed by atoms with Gasteiger partial charge in [-0.3, -0.25) is 4.79 Å². The number of ether oxygens (including phenoxy) is 1. The van der Waals surface area contributed by atoms with E-state index in [1.54, 1.807) is 11.3 Å². The molecule has 1 N–H and O–H groups in total. The number of rotatable bonds is 3. The summed E-state index contributed by atoms with van der Waals surface area (Å²) in [5, 5.41) is 6.08. The van der Waals surface area contributed by atoms with E-state index in [4.69, 9.17) is 9.72 Å². The number of amides is 1. The van der Waals surface area contributed by atoms with E-state index >= 15 is 0 Å². The average Bonchev–Trinajstić information content (AvgIpc) is 3.03. The monoisotopic (exact) mass is 373 g/mol. The second-order valence-electron chi connectivity index (χ2n) is 7.96. The quantitative estimate of drug-likeness (QED) is 0.866. The van der Waals surface area contributed by atoms with Crippen LogP contribution in [0, 0.1) is 5.41 Å². The Labute approximate surface area is 159 Å². The highest BCUT2D eigenvalue weighted by Gasteiger charge is 2.24. The summed E-state index contributed by atoms with van der Waals surface area (Å²) < 4.78 is 5.80. The molecular weight excluding hydrogens is 346 g/mol. The third kappa shape index (κ3) is 4.43. The van der Waals surface area contributed by atoms with Crippen LogP contribution in [0.1, 0.15) is 34.6 Å². The van der Waals surface area contributed by atoms with Crippen molar-refractivity contribution in [3.05, 3.63) is 29.6 Å². The van der Waals surface area contributed by atoms with Crippen LogP contribution in [0.5, 0.6) is 0 Å². The molecule has 0 bridgehead atoms. The fraction of sp³-hybridized carbons (Fsp3) is 0.500. The van der Waals surface area contributed by atoms with Crippen molar-refractivity contribution in [1.29, 1.82) is 0 Å². The van der Waals surface area contributed by atoms with Crippen LogP contribution >= 0.6 is 11.3 Å². The predicted octanol–water partition coefficient (Wildman–Crippen LogP) is 4.41. The molecule has 2 atom stereocenters. The van der Waals surface area contributed by atoms with Crippen LogP contribution in [0.25, 0.3) is 11.3 Å². The Morgan fingerprint density at radius 3 is 2.62 bits per heavy atom. The van der Waals surface area contributed by atoms with Gasteiger partial charge in [-0.1, -0.05) is 32.9 Å². The van der Waals surface area contributed by atoms with Crippen LogP contribution in [0.3, 0.4) is 0 Å². The Kier molecular flexibility index (Phi) is 5.34. The first kappa shape index (κ1) is 18.9. The molecule has 6 heteroatoms. The molecule has 1 aliphatic rings. The molecular formula is C20H27N3O2S. The molecule has 0 spiro atoms. The van der Waals surface area contributed by atoms with Gasteiger partial charge in [-0.2, -0.15) is 0 Å². The molecule has 1 saturated heterocycles. The smallest absolute Gasteiger partial charge is 0.229 e. The van der Waals surface area contributed by atoms with E-state index in [0.29, 0.717) is 0 Å². The van der Waals surface area contributed by atoms with E-state index in [1.165, 1.54) is 0 Å². The fourth-order valence-electron chi connectivity index (χ4n) is 2.95. The molecule has 0 saturated carbocycles. The molecule has 140 valence electrons. The van der Waals surface area contributed by atoms with E-state index in [1.807, 2.05) is 45.0 Å². The molecule has 1 fully saturated rings. The molecule has 1 amide bonds. The highest BCUT2D eigenvalue weighted by molar-refractivity contribution is 7.14. The van der Waals surface area contributed by atoms with Crippen molar-refractivity contribution in [2.45, 2.75) is 46.8 Å². The van der Waals surface area contributed by atoms with E-state index in [0.717, 1.165) is 35.2 Å². The summed E-state index contributed by atoms with van der Waals surface area (Å²) in [6, 6.07) is 7.86. The molecule has 2 unspecified atom stereocenters. The lowest BCUT2D eigenvalue weighted by atomic mass is 9.95. The Morgan fingerprint density at radius 2 is 1.96 bits per heavy atom. The van der Waals surface area contributed by atoms with Crippen molar-refractivity contribution in [2.75, 3.05) is 23.3 Å². The van der Waals surface area contributed by atoms with Crippen molar-refractivity contribution in [3.8, 4) is 11.3 Å². The largest absolute Gasteiger partial charge is 0.372 e. The van der Waals surface area contributed by atoms with Crippen LogP contribution in [0.4, 0.5) is 10.8 Å². The first-order valence-corrected chi connectivity index (χ1v) is 9.88. The zero-order chi connectivity index (χ0) is 18.9. The fourth-order valence-corrected chi connectivity index (χ4v) is 3.81. The summed E-state index contributed by atoms with van der Waals surface area (Å²) in [7, 11) is 0. The number of benzene rings is 1. The highest BCUT2D eigenvalue weighted by Crippen LogP contribution is 2.30. The molecule has 26 heavy (non-hydrogen) atoms. The van der Waals surface area contributed by atoms with Gasteiger partial charge in [0.05, 0.1) is 17.9 Å². The first-order valence-electron chi connectivity index (χ1n) is 9.00. The van der Waals surface area contributed by atoms with Gasteiger partial charge in [-0.25, -0.2) is 4.98 Å². The maximum Gasteiger partial charge on any atom is 0.229 e. The average molecular weight is 374 g/mol. The Balaban J connectivity index is 1.77. The molecule has 1 aromatic carbocycles. The van der Waals surface area contributed by atoms with Gasteiger partial charge in [-0.05, 0) is 26.0 Å². The highest BCUT2D eigenvalue weighted by atomic mass is 32.1. The minimum absolute atomic E-state index is 0.00455. The molecule has 5 nitrogen and oxygen atoms in total. The minimum atomic E-state index is -0.423. The maximum absolute atomic E-state index is 12.2. The third-order valence-electron chi connectivity index (χ3n) is 4.28. The van der Waals surface area contributed by atoms with Gasteiger partial charge in [0.1, 0.15) is 0 Å². The summed E-state index contributed by atoms with van der Waals surface area (Å²) in [6.45, 7) is 11.6. The Morgan fingerprint density at radius 1 is 1.27 bits per heavy atom. The van der Waals surface area contributed by atoms with E-state index in [2.05, 4.69) is 29.4 Å². The van der Waals surface area contributed by atoms with Gasteiger partial charge >= 0.3 is 0 Å². The van der Waals surface area contributed by atoms with Gasteiger partial charge < -0.3 is 15.0 Å². The molecule has 0 radical (unpaired) electrons. The van der Waals surface area contributed by atoms with Crippen molar-refractivity contribution < 1.29 is 9.53 Å². The number of anilines is 2. The van der Waals surface area contributed by atoms with Crippen molar-refractivity contribution in [1.82, 2.24) is 4.98 Å². The zero-order valence-corrected chi connectivity index (χ0v) is 16.9. The summed E-state index contributed by atoms with van der Waals surface area (Å²) in [5.74, 6) is 0.00455. The number of hydrogen-bond donors (Lipinski definition) is 1. The van der Waals surface area contributed by atoms with Crippen molar-refractivity contribution >= 4 is 28.1 Å². The number of carbonyl (C=O) groups is 1. The predicted molar refractivity (Wildman–Crippen MR) is 108 cm³/mol. The number of hydrogen-bond acceptors (Lipinski definition) is 5. The topological polar surface area (TPSA) is 54.5 Å². The van der Waals surface area contributed by atoms with Crippen LogP contribution in [0.15, 0.2) is 29.6 Å². The first-order chi connectivity index (χ1) is 12.2. The Bertz CT molecular complexity index is 771. The van der Waals surface area contributed by atoms with Gasteiger partial charge in [0.15, 0.2) is 5.13 Å². The van der Waals surface area contributed by atoms with Gasteiger partial charge in [0.2, 0.25) is 5.91 Å². The SMILES string of the molecule is CC1CN(c2nc(-c3cccc(NC(=O)C(C)(C)C)c3)cs2)CC(C)O1. The summed E-state index contributed by atoms with van der Waals surface area (Å²) in [4.78, 5) is 19.3.